The molecule has 0 aliphatic carbocycles. The van der Waals surface area contributed by atoms with E-state index >= 15 is 0 Å². The van der Waals surface area contributed by atoms with Crippen LogP contribution in [0.15, 0.2) is 53.4 Å². The predicted molar refractivity (Wildman–Crippen MR) is 77.8 cm³/mol. The third-order valence-corrected chi connectivity index (χ3v) is 4.32. The Kier molecular flexibility index (Phi) is 2.83. The lowest BCUT2D eigenvalue weighted by molar-refractivity contribution is 0.601. The molecule has 20 heavy (non-hydrogen) atoms. The van der Waals surface area contributed by atoms with Gasteiger partial charge in [0.05, 0.1) is 11.2 Å². The molecule has 0 amide bonds. The van der Waals surface area contributed by atoms with E-state index in [9.17, 15) is 8.42 Å². The molecule has 0 saturated carbocycles. The summed E-state index contributed by atoms with van der Waals surface area (Å²) >= 11 is 0. The van der Waals surface area contributed by atoms with Crippen LogP contribution in [0.1, 0.15) is 0 Å². The molecule has 0 aliphatic heterocycles. The highest BCUT2D eigenvalue weighted by Crippen LogP contribution is 2.24. The molecule has 0 bridgehead atoms. The zero-order valence-corrected chi connectivity index (χ0v) is 11.2. The molecule has 0 unspecified atom stereocenters. The van der Waals surface area contributed by atoms with Crippen LogP contribution in [-0.2, 0) is 10.0 Å². The van der Waals surface area contributed by atoms with Crippen molar-refractivity contribution in [1.82, 2.24) is 10.2 Å². The molecule has 2 aromatic carbocycles. The molecule has 0 atom stereocenters. The van der Waals surface area contributed by atoms with E-state index in [1.807, 2.05) is 18.2 Å². The Morgan fingerprint density at radius 1 is 1.05 bits per heavy atom. The van der Waals surface area contributed by atoms with Gasteiger partial charge in [0.1, 0.15) is 4.90 Å². The van der Waals surface area contributed by atoms with Gasteiger partial charge >= 0.3 is 0 Å². The lowest BCUT2D eigenvalue weighted by Gasteiger charge is -2.08. The second-order valence-electron chi connectivity index (χ2n) is 4.26. The first kappa shape index (κ1) is 12.5. The van der Waals surface area contributed by atoms with Crippen molar-refractivity contribution in [2.75, 3.05) is 10.5 Å². The highest BCUT2D eigenvalue weighted by atomic mass is 32.2. The normalized spacial score (nSPS) is 11.6. The Morgan fingerprint density at radius 2 is 1.75 bits per heavy atom. The molecule has 0 spiro atoms. The summed E-state index contributed by atoms with van der Waals surface area (Å²) in [6.07, 6.45) is 0. The molecule has 3 aromatic rings. The van der Waals surface area contributed by atoms with Crippen LogP contribution in [0, 0.1) is 0 Å². The number of anilines is 2. The number of nitrogens with zero attached hydrogens (tertiary/aromatic N) is 1. The van der Waals surface area contributed by atoms with Gasteiger partial charge in [-0.1, -0.05) is 24.3 Å². The molecule has 1 aromatic heterocycles. The highest BCUT2D eigenvalue weighted by molar-refractivity contribution is 7.92. The van der Waals surface area contributed by atoms with Gasteiger partial charge < -0.3 is 5.73 Å². The Balaban J connectivity index is 2.04. The first-order valence-corrected chi connectivity index (χ1v) is 7.37. The number of H-pyrrole nitrogens is 1. The lowest BCUT2D eigenvalue weighted by Crippen LogP contribution is -2.15. The second-order valence-corrected chi connectivity index (χ2v) is 5.91. The molecule has 0 saturated heterocycles. The largest absolute Gasteiger partial charge is 0.398 e. The molecule has 6 nitrogen and oxygen atoms in total. The Bertz CT molecular complexity index is 871. The van der Waals surface area contributed by atoms with Crippen molar-refractivity contribution < 1.29 is 8.42 Å². The maximum Gasteiger partial charge on any atom is 0.265 e. The van der Waals surface area contributed by atoms with Crippen molar-refractivity contribution in [3.8, 4) is 0 Å². The van der Waals surface area contributed by atoms with Crippen LogP contribution in [0.25, 0.3) is 10.9 Å². The zero-order valence-electron chi connectivity index (χ0n) is 10.4. The number of hydrogen-bond acceptors (Lipinski definition) is 4. The molecule has 7 heteroatoms. The quantitative estimate of drug-likeness (QED) is 0.641. The lowest BCUT2D eigenvalue weighted by atomic mass is 10.2. The first-order chi connectivity index (χ1) is 9.58. The average molecular weight is 288 g/mol. The minimum Gasteiger partial charge on any atom is -0.398 e. The van der Waals surface area contributed by atoms with E-state index < -0.39 is 10.0 Å². The number of fused-ring (bicyclic) bond motifs is 1. The van der Waals surface area contributed by atoms with Crippen LogP contribution in [0.2, 0.25) is 0 Å². The third kappa shape index (κ3) is 2.08. The minimum atomic E-state index is -3.76. The minimum absolute atomic E-state index is 0.0343. The van der Waals surface area contributed by atoms with Crippen molar-refractivity contribution in [3.63, 3.8) is 0 Å². The standard InChI is InChI=1S/C13H12N4O2S/c14-10-6-2-4-8-12(10)20(18,19)17-13-9-5-1-3-7-11(9)15-16-13/h1-8H,14H2,(H2,15,16,17). The maximum absolute atomic E-state index is 12.3. The number of aromatic amines is 1. The van der Waals surface area contributed by atoms with Crippen LogP contribution in [0.4, 0.5) is 11.5 Å². The summed E-state index contributed by atoms with van der Waals surface area (Å²) in [5.41, 5.74) is 6.65. The summed E-state index contributed by atoms with van der Waals surface area (Å²) in [5, 5.41) is 7.45. The number of rotatable bonds is 3. The molecule has 4 N–H and O–H groups in total. The molecular formula is C13H12N4O2S. The molecule has 0 aliphatic rings. The molecule has 102 valence electrons. The molecule has 0 radical (unpaired) electrons. The van der Waals surface area contributed by atoms with Gasteiger partial charge in [-0.3, -0.25) is 9.82 Å². The SMILES string of the molecule is Nc1ccccc1S(=O)(=O)Nc1n[nH]c2ccccc12. The van der Waals surface area contributed by atoms with Gasteiger partial charge in [0.25, 0.3) is 10.0 Å². The molecule has 0 fully saturated rings. The summed E-state index contributed by atoms with van der Waals surface area (Å²) in [6, 6.07) is 13.5. The maximum atomic E-state index is 12.3. The summed E-state index contributed by atoms with van der Waals surface area (Å²) < 4.78 is 27.1. The van der Waals surface area contributed by atoms with E-state index in [1.54, 1.807) is 18.2 Å². The van der Waals surface area contributed by atoms with Crippen LogP contribution in [-0.4, -0.2) is 18.6 Å². The molecule has 3 rings (SSSR count). The number of nitrogens with two attached hydrogens (primary N) is 1. The monoisotopic (exact) mass is 288 g/mol. The Labute approximate surface area is 115 Å². The Hall–Kier alpha value is -2.54. The van der Waals surface area contributed by atoms with Crippen molar-refractivity contribution in [3.05, 3.63) is 48.5 Å². The topological polar surface area (TPSA) is 101 Å². The molecular weight excluding hydrogens is 276 g/mol. The highest BCUT2D eigenvalue weighted by Gasteiger charge is 2.19. The number of nitrogen functional groups attached to an aromatic ring is 1. The van der Waals surface area contributed by atoms with Crippen LogP contribution in [0.5, 0.6) is 0 Å². The van der Waals surface area contributed by atoms with E-state index in [-0.39, 0.29) is 16.4 Å². The van der Waals surface area contributed by atoms with Crippen molar-refractivity contribution >= 4 is 32.4 Å². The van der Waals surface area contributed by atoms with Gasteiger partial charge in [-0.2, -0.15) is 5.10 Å². The van der Waals surface area contributed by atoms with Gasteiger partial charge in [0.2, 0.25) is 0 Å². The van der Waals surface area contributed by atoms with Crippen molar-refractivity contribution in [1.29, 1.82) is 0 Å². The summed E-state index contributed by atoms with van der Waals surface area (Å²) in [6.45, 7) is 0. The van der Waals surface area contributed by atoms with E-state index in [0.29, 0.717) is 5.39 Å². The number of para-hydroxylation sites is 2. The summed E-state index contributed by atoms with van der Waals surface area (Å²) in [5.74, 6) is 0.254. The first-order valence-electron chi connectivity index (χ1n) is 5.88. The number of nitrogens with one attached hydrogen (secondary N) is 2. The van der Waals surface area contributed by atoms with E-state index in [0.717, 1.165) is 5.52 Å². The molecule has 1 heterocycles. The van der Waals surface area contributed by atoms with E-state index in [4.69, 9.17) is 5.73 Å². The number of benzene rings is 2. The number of aromatic nitrogens is 2. The smallest absolute Gasteiger partial charge is 0.265 e. The van der Waals surface area contributed by atoms with Crippen molar-refractivity contribution in [2.45, 2.75) is 4.90 Å². The van der Waals surface area contributed by atoms with Gasteiger partial charge in [-0.25, -0.2) is 8.42 Å². The van der Waals surface area contributed by atoms with Crippen molar-refractivity contribution in [2.24, 2.45) is 0 Å². The Morgan fingerprint density at radius 3 is 2.55 bits per heavy atom. The average Bonchev–Trinajstić information content (AvgIpc) is 2.82. The van der Waals surface area contributed by atoms with Gasteiger partial charge in [-0.05, 0) is 24.3 Å². The fourth-order valence-corrected chi connectivity index (χ4v) is 3.10. The fraction of sp³-hybridized carbons (Fsp3) is 0. The van der Waals surface area contributed by atoms with Gasteiger partial charge in [0.15, 0.2) is 5.82 Å². The fourth-order valence-electron chi connectivity index (χ4n) is 1.95. The summed E-state index contributed by atoms with van der Waals surface area (Å²) in [7, 11) is -3.76. The second kappa shape index (κ2) is 4.53. The third-order valence-electron chi connectivity index (χ3n) is 2.91. The number of hydrogen-bond donors (Lipinski definition) is 3. The predicted octanol–water partition coefficient (Wildman–Crippen LogP) is 1.95. The van der Waals surface area contributed by atoms with E-state index in [1.165, 1.54) is 12.1 Å². The van der Waals surface area contributed by atoms with Crippen LogP contribution < -0.4 is 10.5 Å². The van der Waals surface area contributed by atoms with Crippen LogP contribution >= 0.6 is 0 Å². The zero-order chi connectivity index (χ0) is 14.2. The van der Waals surface area contributed by atoms with Gasteiger partial charge in [0, 0.05) is 5.39 Å². The number of sulfonamides is 1. The van der Waals surface area contributed by atoms with Crippen LogP contribution in [0.3, 0.4) is 0 Å². The summed E-state index contributed by atoms with van der Waals surface area (Å²) in [4.78, 5) is 0.0343. The van der Waals surface area contributed by atoms with E-state index in [2.05, 4.69) is 14.9 Å². The van der Waals surface area contributed by atoms with Gasteiger partial charge in [-0.15, -0.1) is 0 Å².